The highest BCUT2D eigenvalue weighted by molar-refractivity contribution is 7.98. The monoisotopic (exact) mass is 201 g/mol. The molecule has 0 bridgehead atoms. The molecule has 14 heavy (non-hydrogen) atoms. The van der Waals surface area contributed by atoms with Gasteiger partial charge in [0.25, 0.3) is 0 Å². The van der Waals surface area contributed by atoms with E-state index in [2.05, 4.69) is 42.5 Å². The lowest BCUT2D eigenvalue weighted by Crippen LogP contribution is -2.24. The summed E-state index contributed by atoms with van der Waals surface area (Å²) in [5, 5.41) is 2.75. The van der Waals surface area contributed by atoms with E-state index >= 15 is 0 Å². The lowest BCUT2D eigenvalue weighted by molar-refractivity contribution is 1.03. The number of rotatable bonds is 1. The van der Waals surface area contributed by atoms with E-state index in [9.17, 15) is 0 Å². The van der Waals surface area contributed by atoms with E-state index in [0.29, 0.717) is 10.9 Å². The second-order valence-corrected chi connectivity index (χ2v) is 6.04. The van der Waals surface area contributed by atoms with Crippen LogP contribution in [0.1, 0.15) is 6.42 Å². The molecule has 0 radical (unpaired) electrons. The van der Waals surface area contributed by atoms with Crippen molar-refractivity contribution in [1.29, 1.82) is 0 Å². The first-order valence-electron chi connectivity index (χ1n) is 5.10. The topological polar surface area (TPSA) is 0 Å². The average molecular weight is 201 g/mol. The summed E-state index contributed by atoms with van der Waals surface area (Å²) in [5.41, 5.74) is 0. The van der Waals surface area contributed by atoms with Gasteiger partial charge in [0.05, 0.1) is 0 Å². The summed E-state index contributed by atoms with van der Waals surface area (Å²) in [6.45, 7) is 0. The molecule has 2 aromatic rings. The maximum atomic E-state index is 2.37. The quantitative estimate of drug-likeness (QED) is 0.621. The van der Waals surface area contributed by atoms with Crippen molar-refractivity contribution in [3.05, 3.63) is 42.5 Å². The van der Waals surface area contributed by atoms with Crippen LogP contribution in [-0.4, -0.2) is 11.5 Å². The molecule has 2 aromatic carbocycles. The third-order valence-corrected chi connectivity index (χ3v) is 5.32. The van der Waals surface area contributed by atoms with Crippen molar-refractivity contribution in [2.45, 2.75) is 11.3 Å². The third kappa shape index (κ3) is 1.32. The molecule has 1 saturated heterocycles. The molecule has 0 amide bonds. The van der Waals surface area contributed by atoms with Crippen molar-refractivity contribution in [3.63, 3.8) is 0 Å². The summed E-state index contributed by atoms with van der Waals surface area (Å²) in [6, 6.07) is 15.6. The molecule has 0 N–H and O–H groups in total. The zero-order valence-electron chi connectivity index (χ0n) is 8.07. The molecule has 0 aliphatic carbocycles. The smallest absolute Gasteiger partial charge is 0.0616 e. The maximum absolute atomic E-state index is 2.37. The van der Waals surface area contributed by atoms with E-state index in [1.165, 1.54) is 28.7 Å². The molecule has 70 valence electrons. The Morgan fingerprint density at radius 3 is 2.36 bits per heavy atom. The predicted molar refractivity (Wildman–Crippen MR) is 63.9 cm³/mol. The fourth-order valence-corrected chi connectivity index (χ4v) is 3.47. The molecule has 1 heteroatoms. The van der Waals surface area contributed by atoms with Crippen molar-refractivity contribution < 1.29 is 0 Å². The van der Waals surface area contributed by atoms with E-state index in [4.69, 9.17) is 0 Å². The summed E-state index contributed by atoms with van der Waals surface area (Å²) >= 11 is 0. The van der Waals surface area contributed by atoms with Gasteiger partial charge in [0.15, 0.2) is 4.90 Å². The van der Waals surface area contributed by atoms with Crippen LogP contribution in [0.5, 0.6) is 0 Å². The van der Waals surface area contributed by atoms with E-state index in [1.807, 2.05) is 0 Å². The van der Waals surface area contributed by atoms with Crippen molar-refractivity contribution >= 4 is 21.7 Å². The molecule has 0 unspecified atom stereocenters. The summed E-state index contributed by atoms with van der Waals surface area (Å²) in [5.74, 6) is 2.83. The first-order valence-corrected chi connectivity index (χ1v) is 6.66. The first-order chi connectivity index (χ1) is 6.93. The zero-order valence-corrected chi connectivity index (χ0v) is 8.89. The molecule has 0 atom stereocenters. The van der Waals surface area contributed by atoms with E-state index in [-0.39, 0.29) is 0 Å². The van der Waals surface area contributed by atoms with Gasteiger partial charge in [-0.05, 0) is 22.9 Å². The molecular formula is C13H13S+. The Kier molecular flexibility index (Phi) is 1.98. The molecular weight excluding hydrogens is 188 g/mol. The van der Waals surface area contributed by atoms with E-state index in [1.54, 1.807) is 4.90 Å². The summed E-state index contributed by atoms with van der Waals surface area (Å²) in [6.07, 6.45) is 1.43. The molecule has 1 heterocycles. The fourth-order valence-electron chi connectivity index (χ4n) is 1.87. The van der Waals surface area contributed by atoms with Gasteiger partial charge in [-0.3, -0.25) is 0 Å². The van der Waals surface area contributed by atoms with Crippen LogP contribution in [-0.2, 0) is 10.9 Å². The minimum Gasteiger partial charge on any atom is -0.0616 e. The largest absolute Gasteiger partial charge is 0.155 e. The number of hydrogen-bond acceptors (Lipinski definition) is 0. The second kappa shape index (κ2) is 3.32. The minimum atomic E-state index is 0.584. The van der Waals surface area contributed by atoms with Gasteiger partial charge in [0, 0.05) is 23.4 Å². The molecule has 1 fully saturated rings. The Labute approximate surface area is 87.3 Å². The number of hydrogen-bond donors (Lipinski definition) is 0. The Morgan fingerprint density at radius 1 is 0.857 bits per heavy atom. The van der Waals surface area contributed by atoms with Crippen LogP contribution in [0, 0.1) is 0 Å². The second-order valence-electron chi connectivity index (χ2n) is 3.76. The van der Waals surface area contributed by atoms with Gasteiger partial charge in [0.2, 0.25) is 0 Å². The van der Waals surface area contributed by atoms with Crippen LogP contribution in [0.15, 0.2) is 47.4 Å². The Morgan fingerprint density at radius 2 is 1.64 bits per heavy atom. The SMILES string of the molecule is c1ccc2cc([S+]3CCC3)ccc2c1. The van der Waals surface area contributed by atoms with Crippen LogP contribution in [0.25, 0.3) is 10.8 Å². The van der Waals surface area contributed by atoms with Crippen LogP contribution in [0.2, 0.25) is 0 Å². The molecule has 0 nitrogen and oxygen atoms in total. The zero-order chi connectivity index (χ0) is 9.38. The van der Waals surface area contributed by atoms with Crippen molar-refractivity contribution in [1.82, 2.24) is 0 Å². The predicted octanol–water partition coefficient (Wildman–Crippen LogP) is 3.22. The Bertz CT molecular complexity index is 457. The van der Waals surface area contributed by atoms with Gasteiger partial charge in [-0.2, -0.15) is 0 Å². The van der Waals surface area contributed by atoms with Gasteiger partial charge < -0.3 is 0 Å². The standard InChI is InChI=1S/C13H13S/c1-2-5-12-10-13(14-8-3-9-14)7-6-11(12)4-1/h1-2,4-7,10H,3,8-9H2/q+1. The van der Waals surface area contributed by atoms with Crippen LogP contribution >= 0.6 is 0 Å². The maximum Gasteiger partial charge on any atom is 0.155 e. The van der Waals surface area contributed by atoms with Crippen molar-refractivity contribution in [2.24, 2.45) is 0 Å². The molecule has 0 saturated carbocycles. The molecule has 0 aromatic heterocycles. The lowest BCUT2D eigenvalue weighted by Gasteiger charge is -2.15. The van der Waals surface area contributed by atoms with Crippen molar-refractivity contribution in [2.75, 3.05) is 11.5 Å². The Hall–Kier alpha value is -0.950. The number of benzene rings is 2. The molecule has 1 aliphatic rings. The van der Waals surface area contributed by atoms with Gasteiger partial charge in [0.1, 0.15) is 11.5 Å². The fraction of sp³-hybridized carbons (Fsp3) is 0.231. The summed E-state index contributed by atoms with van der Waals surface area (Å²) in [7, 11) is 0.584. The van der Waals surface area contributed by atoms with Gasteiger partial charge in [-0.15, -0.1) is 0 Å². The molecule has 0 spiro atoms. The highest BCUT2D eigenvalue weighted by atomic mass is 32.2. The minimum absolute atomic E-state index is 0.584. The average Bonchev–Trinajstić information content (AvgIpc) is 2.15. The van der Waals surface area contributed by atoms with Gasteiger partial charge >= 0.3 is 0 Å². The van der Waals surface area contributed by atoms with E-state index < -0.39 is 0 Å². The van der Waals surface area contributed by atoms with Gasteiger partial charge in [-0.25, -0.2) is 0 Å². The van der Waals surface area contributed by atoms with Crippen molar-refractivity contribution in [3.8, 4) is 0 Å². The first kappa shape index (κ1) is 8.37. The molecule has 1 aliphatic heterocycles. The third-order valence-electron chi connectivity index (χ3n) is 2.84. The lowest BCUT2D eigenvalue weighted by atomic mass is 10.1. The van der Waals surface area contributed by atoms with Crippen LogP contribution in [0.4, 0.5) is 0 Å². The highest BCUT2D eigenvalue weighted by Gasteiger charge is 2.30. The van der Waals surface area contributed by atoms with Crippen LogP contribution in [0.3, 0.4) is 0 Å². The Balaban J connectivity index is 2.10. The highest BCUT2D eigenvalue weighted by Crippen LogP contribution is 2.26. The normalized spacial score (nSPS) is 16.9. The number of fused-ring (bicyclic) bond motifs is 1. The van der Waals surface area contributed by atoms with Gasteiger partial charge in [-0.1, -0.05) is 24.3 Å². The molecule has 3 rings (SSSR count). The van der Waals surface area contributed by atoms with E-state index in [0.717, 1.165) is 0 Å². The summed E-state index contributed by atoms with van der Waals surface area (Å²) in [4.78, 5) is 1.56. The summed E-state index contributed by atoms with van der Waals surface area (Å²) < 4.78 is 0. The van der Waals surface area contributed by atoms with Crippen LogP contribution < -0.4 is 0 Å².